The summed E-state index contributed by atoms with van der Waals surface area (Å²) in [5.41, 5.74) is 4.93. The molecule has 0 radical (unpaired) electrons. The summed E-state index contributed by atoms with van der Waals surface area (Å²) in [5, 5.41) is 4.39. The minimum atomic E-state index is 0.292. The highest BCUT2D eigenvalue weighted by Gasteiger charge is 2.10. The Kier molecular flexibility index (Phi) is 5.13. The van der Waals surface area contributed by atoms with Gasteiger partial charge in [-0.25, -0.2) is 0 Å². The molecule has 2 rings (SSSR count). The lowest BCUT2D eigenvalue weighted by Crippen LogP contribution is -2.13. The number of rotatable bonds is 5. The maximum Gasteiger partial charge on any atom is 0.0511 e. The van der Waals surface area contributed by atoms with Gasteiger partial charge in [0, 0.05) is 30.5 Å². The molecule has 0 aliphatic heterocycles. The molecule has 0 aliphatic rings. The van der Waals surface area contributed by atoms with Crippen molar-refractivity contribution in [3.05, 3.63) is 58.6 Å². The van der Waals surface area contributed by atoms with Crippen molar-refractivity contribution in [2.45, 2.75) is 26.3 Å². The monoisotopic (exact) mass is 302 g/mol. The molecular weight excluding hydrogens is 280 g/mol. The third-order valence-corrected chi connectivity index (χ3v) is 3.96. The van der Waals surface area contributed by atoms with Gasteiger partial charge in [-0.3, -0.25) is 0 Å². The number of nitrogens with zero attached hydrogens (tertiary/aromatic N) is 1. The molecule has 1 N–H and O–H groups in total. The molecule has 0 aliphatic carbocycles. The van der Waals surface area contributed by atoms with Gasteiger partial charge in [0.2, 0.25) is 0 Å². The lowest BCUT2D eigenvalue weighted by atomic mass is 10.0. The lowest BCUT2D eigenvalue weighted by Gasteiger charge is -2.22. The van der Waals surface area contributed by atoms with Crippen molar-refractivity contribution < 1.29 is 0 Å². The first-order valence-corrected chi connectivity index (χ1v) is 7.69. The summed E-state index contributed by atoms with van der Waals surface area (Å²) in [4.78, 5) is 2.14. The summed E-state index contributed by atoms with van der Waals surface area (Å²) in [7, 11) is 4.14. The molecule has 0 heterocycles. The van der Waals surface area contributed by atoms with E-state index in [1.165, 1.54) is 16.8 Å². The average molecular weight is 303 g/mol. The number of halogens is 1. The van der Waals surface area contributed by atoms with Crippen molar-refractivity contribution in [1.29, 1.82) is 0 Å². The van der Waals surface area contributed by atoms with Crippen molar-refractivity contribution >= 4 is 23.0 Å². The first-order chi connectivity index (χ1) is 10.0. The normalized spacial score (nSPS) is 12.0. The molecule has 0 fully saturated rings. The Balaban J connectivity index is 2.22. The minimum Gasteiger partial charge on any atom is -0.378 e. The summed E-state index contributed by atoms with van der Waals surface area (Å²) in [6, 6.07) is 14.9. The van der Waals surface area contributed by atoms with Gasteiger partial charge in [0.25, 0.3) is 0 Å². The third kappa shape index (κ3) is 3.92. The van der Waals surface area contributed by atoms with Gasteiger partial charge in [-0.15, -0.1) is 0 Å². The number of benzene rings is 2. The number of aryl methyl sites for hydroxylation is 1. The first kappa shape index (κ1) is 15.7. The van der Waals surface area contributed by atoms with Crippen LogP contribution in [0.25, 0.3) is 0 Å². The Morgan fingerprint density at radius 2 is 1.76 bits per heavy atom. The highest BCUT2D eigenvalue weighted by molar-refractivity contribution is 6.30. The van der Waals surface area contributed by atoms with Crippen molar-refractivity contribution in [3.63, 3.8) is 0 Å². The van der Waals surface area contributed by atoms with Crippen LogP contribution in [0.15, 0.2) is 42.5 Å². The van der Waals surface area contributed by atoms with E-state index < -0.39 is 0 Å². The van der Waals surface area contributed by atoms with Crippen molar-refractivity contribution in [2.24, 2.45) is 0 Å². The Bertz CT molecular complexity index is 591. The predicted molar refractivity (Wildman–Crippen MR) is 93.6 cm³/mol. The SMILES string of the molecule is CCC(Nc1ccc(C)c(N(C)C)c1)c1ccc(Cl)cc1. The van der Waals surface area contributed by atoms with E-state index in [2.05, 4.69) is 68.5 Å². The standard InChI is InChI=1S/C18H23ClN2/c1-5-17(14-7-9-15(19)10-8-14)20-16-11-6-13(2)18(12-16)21(3)4/h6-12,17,20H,5H2,1-4H3. The smallest absolute Gasteiger partial charge is 0.0511 e. The fourth-order valence-electron chi connectivity index (χ4n) is 2.50. The molecule has 1 atom stereocenters. The van der Waals surface area contributed by atoms with Crippen LogP contribution in [0.1, 0.15) is 30.5 Å². The maximum absolute atomic E-state index is 5.97. The van der Waals surface area contributed by atoms with Crippen LogP contribution in [0.3, 0.4) is 0 Å². The molecular formula is C18H23ClN2. The summed E-state index contributed by atoms with van der Waals surface area (Å²) in [6.45, 7) is 4.32. The molecule has 1 unspecified atom stereocenters. The molecule has 0 aromatic heterocycles. The van der Waals surface area contributed by atoms with Crippen LogP contribution in [-0.2, 0) is 0 Å². The van der Waals surface area contributed by atoms with E-state index in [1.54, 1.807) is 0 Å². The number of anilines is 2. The van der Waals surface area contributed by atoms with Crippen LogP contribution in [0.2, 0.25) is 5.02 Å². The Hall–Kier alpha value is -1.67. The maximum atomic E-state index is 5.97. The van der Waals surface area contributed by atoms with E-state index >= 15 is 0 Å². The van der Waals surface area contributed by atoms with Gasteiger partial charge in [0.15, 0.2) is 0 Å². The fourth-order valence-corrected chi connectivity index (χ4v) is 2.62. The number of hydrogen-bond donors (Lipinski definition) is 1. The molecule has 0 saturated heterocycles. The van der Waals surface area contributed by atoms with E-state index in [9.17, 15) is 0 Å². The Labute approximate surface area is 132 Å². The number of hydrogen-bond acceptors (Lipinski definition) is 2. The zero-order valence-electron chi connectivity index (χ0n) is 13.2. The van der Waals surface area contributed by atoms with Crippen LogP contribution in [0.4, 0.5) is 11.4 Å². The van der Waals surface area contributed by atoms with E-state index in [4.69, 9.17) is 11.6 Å². The van der Waals surface area contributed by atoms with Gasteiger partial charge >= 0.3 is 0 Å². The molecule has 2 aromatic carbocycles. The van der Waals surface area contributed by atoms with Crippen LogP contribution in [0, 0.1) is 6.92 Å². The molecule has 2 nitrogen and oxygen atoms in total. The summed E-state index contributed by atoms with van der Waals surface area (Å²) in [6.07, 6.45) is 1.02. The second-order valence-corrected chi connectivity index (χ2v) is 5.99. The second kappa shape index (κ2) is 6.86. The van der Waals surface area contributed by atoms with Crippen LogP contribution in [-0.4, -0.2) is 14.1 Å². The lowest BCUT2D eigenvalue weighted by molar-refractivity contribution is 0.749. The average Bonchev–Trinajstić information content (AvgIpc) is 2.47. The molecule has 2 aromatic rings. The Morgan fingerprint density at radius 3 is 2.33 bits per heavy atom. The van der Waals surface area contributed by atoms with E-state index in [1.807, 2.05) is 12.1 Å². The Morgan fingerprint density at radius 1 is 1.10 bits per heavy atom. The molecule has 3 heteroatoms. The van der Waals surface area contributed by atoms with Crippen molar-refractivity contribution in [3.8, 4) is 0 Å². The van der Waals surface area contributed by atoms with E-state index in [0.717, 1.165) is 17.1 Å². The van der Waals surface area contributed by atoms with Gasteiger partial charge in [0.1, 0.15) is 0 Å². The zero-order valence-corrected chi connectivity index (χ0v) is 13.9. The predicted octanol–water partition coefficient (Wildman–Crippen LogP) is 5.28. The van der Waals surface area contributed by atoms with Gasteiger partial charge in [-0.05, 0) is 48.7 Å². The topological polar surface area (TPSA) is 15.3 Å². The summed E-state index contributed by atoms with van der Waals surface area (Å²) >= 11 is 5.97. The van der Waals surface area contributed by atoms with Crippen molar-refractivity contribution in [2.75, 3.05) is 24.3 Å². The minimum absolute atomic E-state index is 0.292. The quantitative estimate of drug-likeness (QED) is 0.808. The van der Waals surface area contributed by atoms with E-state index in [0.29, 0.717) is 6.04 Å². The van der Waals surface area contributed by atoms with Crippen LogP contribution in [0.5, 0.6) is 0 Å². The summed E-state index contributed by atoms with van der Waals surface area (Å²) in [5.74, 6) is 0. The molecule has 21 heavy (non-hydrogen) atoms. The highest BCUT2D eigenvalue weighted by Crippen LogP contribution is 2.27. The fraction of sp³-hybridized carbons (Fsp3) is 0.333. The molecule has 112 valence electrons. The van der Waals surface area contributed by atoms with Gasteiger partial charge in [-0.2, -0.15) is 0 Å². The zero-order chi connectivity index (χ0) is 15.4. The van der Waals surface area contributed by atoms with Crippen molar-refractivity contribution in [1.82, 2.24) is 0 Å². The third-order valence-electron chi connectivity index (χ3n) is 3.71. The van der Waals surface area contributed by atoms with Crippen LogP contribution < -0.4 is 10.2 Å². The molecule has 0 amide bonds. The number of nitrogens with one attached hydrogen (secondary N) is 1. The van der Waals surface area contributed by atoms with Gasteiger partial charge in [0.05, 0.1) is 6.04 Å². The molecule has 0 bridgehead atoms. The first-order valence-electron chi connectivity index (χ1n) is 7.31. The highest BCUT2D eigenvalue weighted by atomic mass is 35.5. The second-order valence-electron chi connectivity index (χ2n) is 5.55. The summed E-state index contributed by atoms with van der Waals surface area (Å²) < 4.78 is 0. The van der Waals surface area contributed by atoms with E-state index in [-0.39, 0.29) is 0 Å². The van der Waals surface area contributed by atoms with Gasteiger partial charge in [-0.1, -0.05) is 36.7 Å². The largest absolute Gasteiger partial charge is 0.378 e. The molecule has 0 spiro atoms. The van der Waals surface area contributed by atoms with Gasteiger partial charge < -0.3 is 10.2 Å². The molecule has 0 saturated carbocycles. The van der Waals surface area contributed by atoms with Crippen LogP contribution >= 0.6 is 11.6 Å².